The monoisotopic (exact) mass is 431 g/mol. The van der Waals surface area contributed by atoms with Crippen molar-refractivity contribution in [1.29, 1.82) is 0 Å². The lowest BCUT2D eigenvalue weighted by atomic mass is 10.0. The van der Waals surface area contributed by atoms with Gasteiger partial charge >= 0.3 is 5.97 Å². The van der Waals surface area contributed by atoms with Crippen LogP contribution in [0.4, 0.5) is 10.1 Å². The standard InChI is InChI=1S/C22H19ClFNO5/c1-12-20(22(27)30-4)15(11-14-16(23)6-5-7-17(14)24)21(26)25(12)13-8-9-18(28-2)19(10-13)29-3/h5-11H,1-4H3/b15-11-. The van der Waals surface area contributed by atoms with Gasteiger partial charge in [-0.1, -0.05) is 17.7 Å². The minimum atomic E-state index is -0.720. The number of anilines is 1. The largest absolute Gasteiger partial charge is 0.493 e. The molecule has 0 aliphatic carbocycles. The van der Waals surface area contributed by atoms with E-state index in [0.717, 1.165) is 0 Å². The summed E-state index contributed by atoms with van der Waals surface area (Å²) in [5.74, 6) is -0.974. The third-order valence-corrected chi connectivity index (χ3v) is 5.03. The predicted molar refractivity (Wildman–Crippen MR) is 111 cm³/mol. The van der Waals surface area contributed by atoms with Gasteiger partial charge in [0.25, 0.3) is 5.91 Å². The number of hydrogen-bond acceptors (Lipinski definition) is 5. The van der Waals surface area contributed by atoms with Gasteiger partial charge in [0, 0.05) is 17.3 Å². The van der Waals surface area contributed by atoms with Crippen molar-refractivity contribution in [2.75, 3.05) is 26.2 Å². The lowest BCUT2D eigenvalue weighted by Crippen LogP contribution is -2.24. The van der Waals surface area contributed by atoms with Crippen LogP contribution in [0.2, 0.25) is 5.02 Å². The zero-order valence-electron chi connectivity index (χ0n) is 16.8. The van der Waals surface area contributed by atoms with Gasteiger partial charge in [0.1, 0.15) is 5.82 Å². The number of nitrogens with zero attached hydrogens (tertiary/aromatic N) is 1. The van der Waals surface area contributed by atoms with Gasteiger partial charge in [-0.05, 0) is 37.3 Å². The average molecular weight is 432 g/mol. The SMILES string of the molecule is COC(=O)C1=C(C)N(c2ccc(OC)c(OC)c2)C(=O)/C1=C\c1c(F)cccc1Cl. The van der Waals surface area contributed by atoms with Crippen LogP contribution in [-0.4, -0.2) is 33.2 Å². The molecule has 156 valence electrons. The molecule has 0 spiro atoms. The molecular formula is C22H19ClFNO5. The summed E-state index contributed by atoms with van der Waals surface area (Å²) in [7, 11) is 4.18. The molecule has 0 saturated carbocycles. The Bertz CT molecular complexity index is 1070. The summed E-state index contributed by atoms with van der Waals surface area (Å²) in [5, 5.41) is 0.113. The molecule has 0 bridgehead atoms. The second-order valence-corrected chi connectivity index (χ2v) is 6.73. The van der Waals surface area contributed by atoms with Gasteiger partial charge in [0.2, 0.25) is 0 Å². The van der Waals surface area contributed by atoms with E-state index in [0.29, 0.717) is 22.9 Å². The summed E-state index contributed by atoms with van der Waals surface area (Å²) in [6.07, 6.45) is 1.26. The number of rotatable bonds is 5. The third-order valence-electron chi connectivity index (χ3n) is 4.70. The Morgan fingerprint density at radius 2 is 1.80 bits per heavy atom. The van der Waals surface area contributed by atoms with Crippen molar-refractivity contribution in [3.8, 4) is 11.5 Å². The van der Waals surface area contributed by atoms with Crippen molar-refractivity contribution in [2.24, 2.45) is 0 Å². The van der Waals surface area contributed by atoms with Crippen LogP contribution in [0.25, 0.3) is 6.08 Å². The number of allylic oxidation sites excluding steroid dienone is 1. The molecule has 0 atom stereocenters. The normalized spacial score (nSPS) is 15.1. The first-order chi connectivity index (χ1) is 14.3. The van der Waals surface area contributed by atoms with Gasteiger partial charge in [-0.3, -0.25) is 9.69 Å². The van der Waals surface area contributed by atoms with Gasteiger partial charge in [0.05, 0.1) is 43.2 Å². The molecule has 3 rings (SSSR count). The highest BCUT2D eigenvalue weighted by molar-refractivity contribution is 6.32. The summed E-state index contributed by atoms with van der Waals surface area (Å²) in [6.45, 7) is 1.60. The second kappa shape index (κ2) is 8.59. The van der Waals surface area contributed by atoms with Crippen LogP contribution in [0.5, 0.6) is 11.5 Å². The first-order valence-electron chi connectivity index (χ1n) is 8.85. The van der Waals surface area contributed by atoms with Crippen molar-refractivity contribution in [1.82, 2.24) is 0 Å². The van der Waals surface area contributed by atoms with E-state index in [4.69, 9.17) is 25.8 Å². The van der Waals surface area contributed by atoms with Gasteiger partial charge in [-0.2, -0.15) is 0 Å². The van der Waals surface area contributed by atoms with E-state index < -0.39 is 17.7 Å². The summed E-state index contributed by atoms with van der Waals surface area (Å²) in [6, 6.07) is 9.07. The average Bonchev–Trinajstić information content (AvgIpc) is 2.99. The van der Waals surface area contributed by atoms with Gasteiger partial charge in [-0.25, -0.2) is 9.18 Å². The molecule has 8 heteroatoms. The highest BCUT2D eigenvalue weighted by Crippen LogP contribution is 2.39. The van der Waals surface area contributed by atoms with Crippen molar-refractivity contribution >= 4 is 35.2 Å². The fraction of sp³-hybridized carbons (Fsp3) is 0.182. The molecule has 0 saturated heterocycles. The van der Waals surface area contributed by atoms with E-state index in [2.05, 4.69) is 0 Å². The maximum absolute atomic E-state index is 14.3. The highest BCUT2D eigenvalue weighted by Gasteiger charge is 2.38. The molecule has 1 aliphatic heterocycles. The van der Waals surface area contributed by atoms with E-state index in [1.165, 1.54) is 50.5 Å². The van der Waals surface area contributed by atoms with Crippen LogP contribution in [0.15, 0.2) is 53.2 Å². The van der Waals surface area contributed by atoms with Crippen LogP contribution in [0.1, 0.15) is 12.5 Å². The third kappa shape index (κ3) is 3.64. The van der Waals surface area contributed by atoms with E-state index in [-0.39, 0.29) is 21.7 Å². The molecule has 0 fully saturated rings. The zero-order chi connectivity index (χ0) is 22.0. The van der Waals surface area contributed by atoms with Gasteiger partial charge in [-0.15, -0.1) is 0 Å². The Morgan fingerprint density at radius 1 is 1.10 bits per heavy atom. The van der Waals surface area contributed by atoms with Gasteiger partial charge < -0.3 is 14.2 Å². The number of methoxy groups -OCH3 is 3. The van der Waals surface area contributed by atoms with Crippen molar-refractivity contribution in [2.45, 2.75) is 6.92 Å². The lowest BCUT2D eigenvalue weighted by molar-refractivity contribution is -0.136. The molecule has 1 aliphatic rings. The highest BCUT2D eigenvalue weighted by atomic mass is 35.5. The Hall–Kier alpha value is -3.32. The Labute approximate surface area is 178 Å². The van der Waals surface area contributed by atoms with Crippen LogP contribution in [0.3, 0.4) is 0 Å². The first-order valence-corrected chi connectivity index (χ1v) is 9.23. The number of carbonyl (C=O) groups excluding carboxylic acids is 2. The molecule has 2 aromatic carbocycles. The number of halogens is 2. The number of amides is 1. The first kappa shape index (κ1) is 21.4. The molecule has 1 amide bonds. The molecule has 2 aromatic rings. The maximum Gasteiger partial charge on any atom is 0.340 e. The topological polar surface area (TPSA) is 65.1 Å². The van der Waals surface area contributed by atoms with E-state index in [1.807, 2.05) is 0 Å². The van der Waals surface area contributed by atoms with E-state index in [1.54, 1.807) is 25.1 Å². The van der Waals surface area contributed by atoms with Crippen LogP contribution in [-0.2, 0) is 14.3 Å². The summed E-state index contributed by atoms with van der Waals surface area (Å²) < 4.78 is 29.7. The van der Waals surface area contributed by atoms with Gasteiger partial charge in [0.15, 0.2) is 11.5 Å². The summed E-state index contributed by atoms with van der Waals surface area (Å²) in [5.41, 5.74) is 0.779. The van der Waals surface area contributed by atoms with Crippen molar-refractivity contribution in [3.05, 3.63) is 69.6 Å². The molecule has 30 heavy (non-hydrogen) atoms. The quantitative estimate of drug-likeness (QED) is 0.519. The zero-order valence-corrected chi connectivity index (χ0v) is 17.5. The Balaban J connectivity index is 2.19. The van der Waals surface area contributed by atoms with Crippen molar-refractivity contribution in [3.63, 3.8) is 0 Å². The number of benzene rings is 2. The van der Waals surface area contributed by atoms with E-state index in [9.17, 15) is 14.0 Å². The summed E-state index contributed by atoms with van der Waals surface area (Å²) in [4.78, 5) is 27.1. The Kier molecular flexibility index (Phi) is 6.12. The fourth-order valence-corrected chi connectivity index (χ4v) is 3.47. The van der Waals surface area contributed by atoms with Crippen LogP contribution < -0.4 is 14.4 Å². The lowest BCUT2D eigenvalue weighted by Gasteiger charge is -2.19. The smallest absolute Gasteiger partial charge is 0.340 e. The molecule has 0 N–H and O–H groups in total. The molecule has 6 nitrogen and oxygen atoms in total. The molecule has 1 heterocycles. The minimum absolute atomic E-state index is 0.00545. The predicted octanol–water partition coefficient (Wildman–Crippen LogP) is 4.37. The number of esters is 1. The number of carbonyl (C=O) groups is 2. The molecule has 0 aromatic heterocycles. The minimum Gasteiger partial charge on any atom is -0.493 e. The maximum atomic E-state index is 14.3. The second-order valence-electron chi connectivity index (χ2n) is 6.33. The molecule has 0 radical (unpaired) electrons. The van der Waals surface area contributed by atoms with Crippen molar-refractivity contribution < 1.29 is 28.2 Å². The van der Waals surface area contributed by atoms with E-state index >= 15 is 0 Å². The summed E-state index contributed by atoms with van der Waals surface area (Å²) >= 11 is 6.11. The Morgan fingerprint density at radius 3 is 2.40 bits per heavy atom. The fourth-order valence-electron chi connectivity index (χ4n) is 3.25. The number of hydrogen-bond donors (Lipinski definition) is 0. The van der Waals surface area contributed by atoms with Crippen LogP contribution in [0, 0.1) is 5.82 Å². The number of ether oxygens (including phenoxy) is 3. The molecule has 0 unspecified atom stereocenters. The van der Waals surface area contributed by atoms with Crippen LogP contribution >= 0.6 is 11.6 Å². The molecular weight excluding hydrogens is 413 g/mol.